The lowest BCUT2D eigenvalue weighted by Crippen LogP contribution is -2.02. The number of rotatable bonds is 3. The standard InChI is InChI=1S/C14H11FN2O/c1-10-4-3-7-17-13(10)9-18-14-6-2-5-12(15)11(14)8-16/h2-7H,9H2,1H3. The molecule has 0 fully saturated rings. The molecular formula is C14H11FN2O. The molecule has 0 amide bonds. The number of nitrogens with zero attached hydrogens (tertiary/aromatic N) is 2. The van der Waals surface area contributed by atoms with E-state index >= 15 is 0 Å². The zero-order valence-corrected chi connectivity index (χ0v) is 9.85. The Bertz CT molecular complexity index is 605. The number of benzene rings is 1. The van der Waals surface area contributed by atoms with Crippen LogP contribution in [0.25, 0.3) is 0 Å². The summed E-state index contributed by atoms with van der Waals surface area (Å²) in [6, 6.07) is 9.86. The van der Waals surface area contributed by atoms with Gasteiger partial charge in [0, 0.05) is 6.20 Å². The molecule has 0 aliphatic rings. The predicted octanol–water partition coefficient (Wildman–Crippen LogP) is 2.98. The lowest BCUT2D eigenvalue weighted by Gasteiger charge is -2.09. The first-order valence-corrected chi connectivity index (χ1v) is 5.44. The Morgan fingerprint density at radius 3 is 2.89 bits per heavy atom. The monoisotopic (exact) mass is 242 g/mol. The summed E-state index contributed by atoms with van der Waals surface area (Å²) in [7, 11) is 0. The Morgan fingerprint density at radius 1 is 1.33 bits per heavy atom. The fraction of sp³-hybridized carbons (Fsp3) is 0.143. The van der Waals surface area contributed by atoms with Crippen LogP contribution >= 0.6 is 0 Å². The molecule has 4 heteroatoms. The Kier molecular flexibility index (Phi) is 3.54. The number of halogens is 1. The predicted molar refractivity (Wildman–Crippen MR) is 64.4 cm³/mol. The molecule has 0 spiro atoms. The highest BCUT2D eigenvalue weighted by Crippen LogP contribution is 2.21. The average molecular weight is 242 g/mol. The van der Waals surface area contributed by atoms with Crippen molar-refractivity contribution in [1.82, 2.24) is 4.98 Å². The van der Waals surface area contributed by atoms with Crippen LogP contribution in [0.1, 0.15) is 16.8 Å². The van der Waals surface area contributed by atoms with Gasteiger partial charge in [-0.2, -0.15) is 5.26 Å². The van der Waals surface area contributed by atoms with E-state index in [1.54, 1.807) is 18.3 Å². The van der Waals surface area contributed by atoms with Crippen LogP contribution in [0.5, 0.6) is 5.75 Å². The third-order valence-electron chi connectivity index (χ3n) is 2.57. The van der Waals surface area contributed by atoms with E-state index in [0.29, 0.717) is 0 Å². The third kappa shape index (κ3) is 2.46. The molecule has 0 saturated heterocycles. The molecule has 0 N–H and O–H groups in total. The van der Waals surface area contributed by atoms with Crippen LogP contribution in [0, 0.1) is 24.1 Å². The van der Waals surface area contributed by atoms with Crippen molar-refractivity contribution in [2.24, 2.45) is 0 Å². The number of hydrogen-bond acceptors (Lipinski definition) is 3. The summed E-state index contributed by atoms with van der Waals surface area (Å²) in [5, 5.41) is 8.87. The van der Waals surface area contributed by atoms with Gasteiger partial charge in [-0.1, -0.05) is 12.1 Å². The van der Waals surface area contributed by atoms with E-state index in [4.69, 9.17) is 10.00 Å². The highest BCUT2D eigenvalue weighted by molar-refractivity contribution is 5.43. The Balaban J connectivity index is 2.19. The van der Waals surface area contributed by atoms with Gasteiger partial charge in [0.05, 0.1) is 5.69 Å². The van der Waals surface area contributed by atoms with E-state index < -0.39 is 5.82 Å². The number of hydrogen-bond donors (Lipinski definition) is 0. The second-order valence-electron chi connectivity index (χ2n) is 3.78. The molecule has 0 bridgehead atoms. The van der Waals surface area contributed by atoms with Crippen molar-refractivity contribution in [3.63, 3.8) is 0 Å². The first-order chi connectivity index (χ1) is 8.72. The minimum atomic E-state index is -0.576. The Labute approximate surface area is 104 Å². The van der Waals surface area contributed by atoms with E-state index in [9.17, 15) is 4.39 Å². The smallest absolute Gasteiger partial charge is 0.144 e. The SMILES string of the molecule is Cc1cccnc1COc1cccc(F)c1C#N. The molecule has 0 unspecified atom stereocenters. The van der Waals surface area contributed by atoms with Gasteiger partial charge in [0.2, 0.25) is 0 Å². The number of ether oxygens (including phenoxy) is 1. The van der Waals surface area contributed by atoms with Crippen molar-refractivity contribution in [3.05, 3.63) is 59.2 Å². The average Bonchev–Trinajstić information content (AvgIpc) is 2.38. The molecule has 1 aromatic carbocycles. The lowest BCUT2D eigenvalue weighted by molar-refractivity contribution is 0.298. The zero-order valence-electron chi connectivity index (χ0n) is 9.85. The molecule has 0 atom stereocenters. The topological polar surface area (TPSA) is 45.9 Å². The van der Waals surface area contributed by atoms with Gasteiger partial charge >= 0.3 is 0 Å². The highest BCUT2D eigenvalue weighted by atomic mass is 19.1. The minimum Gasteiger partial charge on any atom is -0.486 e. The van der Waals surface area contributed by atoms with Gasteiger partial charge in [0.1, 0.15) is 29.8 Å². The van der Waals surface area contributed by atoms with Gasteiger partial charge in [-0.05, 0) is 30.7 Å². The van der Waals surface area contributed by atoms with Gasteiger partial charge < -0.3 is 4.74 Å². The van der Waals surface area contributed by atoms with Crippen LogP contribution in [-0.4, -0.2) is 4.98 Å². The molecule has 90 valence electrons. The first-order valence-electron chi connectivity index (χ1n) is 5.44. The molecule has 0 saturated carbocycles. The van der Waals surface area contributed by atoms with E-state index in [1.165, 1.54) is 12.1 Å². The van der Waals surface area contributed by atoms with Crippen LogP contribution < -0.4 is 4.74 Å². The van der Waals surface area contributed by atoms with Gasteiger partial charge in [-0.15, -0.1) is 0 Å². The van der Waals surface area contributed by atoms with E-state index in [2.05, 4.69) is 4.98 Å². The molecule has 0 radical (unpaired) electrons. The van der Waals surface area contributed by atoms with Crippen molar-refractivity contribution < 1.29 is 9.13 Å². The molecule has 3 nitrogen and oxygen atoms in total. The maximum atomic E-state index is 13.3. The van der Waals surface area contributed by atoms with Crippen molar-refractivity contribution in [2.75, 3.05) is 0 Å². The molecule has 18 heavy (non-hydrogen) atoms. The minimum absolute atomic E-state index is 0.0777. The molecule has 0 aliphatic carbocycles. The van der Waals surface area contributed by atoms with Gasteiger partial charge in [0.25, 0.3) is 0 Å². The Morgan fingerprint density at radius 2 is 2.17 bits per heavy atom. The molecule has 1 aromatic heterocycles. The van der Waals surface area contributed by atoms with Crippen LogP contribution in [0.4, 0.5) is 4.39 Å². The van der Waals surface area contributed by atoms with Crippen LogP contribution in [0.15, 0.2) is 36.5 Å². The van der Waals surface area contributed by atoms with Gasteiger partial charge in [-0.25, -0.2) is 4.39 Å². The summed E-state index contributed by atoms with van der Waals surface area (Å²) in [6.45, 7) is 2.13. The van der Waals surface area contributed by atoms with Crippen LogP contribution in [0.2, 0.25) is 0 Å². The third-order valence-corrected chi connectivity index (χ3v) is 2.57. The lowest BCUT2D eigenvalue weighted by atomic mass is 10.2. The number of pyridine rings is 1. The fourth-order valence-electron chi connectivity index (χ4n) is 1.55. The number of nitriles is 1. The molecule has 2 aromatic rings. The maximum absolute atomic E-state index is 13.3. The maximum Gasteiger partial charge on any atom is 0.144 e. The van der Waals surface area contributed by atoms with E-state index in [0.717, 1.165) is 11.3 Å². The zero-order chi connectivity index (χ0) is 13.0. The summed E-state index contributed by atoms with van der Waals surface area (Å²) in [5.74, 6) is -0.338. The highest BCUT2D eigenvalue weighted by Gasteiger charge is 2.09. The first kappa shape index (κ1) is 12.1. The molecular weight excluding hydrogens is 231 g/mol. The van der Waals surface area contributed by atoms with Crippen molar-refractivity contribution >= 4 is 0 Å². The van der Waals surface area contributed by atoms with Crippen molar-refractivity contribution in [1.29, 1.82) is 5.26 Å². The van der Waals surface area contributed by atoms with E-state index in [1.807, 2.05) is 19.1 Å². The number of aromatic nitrogens is 1. The second kappa shape index (κ2) is 5.28. The Hall–Kier alpha value is -2.41. The summed E-state index contributed by atoms with van der Waals surface area (Å²) < 4.78 is 18.8. The van der Waals surface area contributed by atoms with Crippen molar-refractivity contribution in [2.45, 2.75) is 13.5 Å². The molecule has 1 heterocycles. The number of aryl methyl sites for hydroxylation is 1. The summed E-state index contributed by atoms with van der Waals surface area (Å²) in [4.78, 5) is 4.17. The van der Waals surface area contributed by atoms with Gasteiger partial charge in [0.15, 0.2) is 0 Å². The van der Waals surface area contributed by atoms with Crippen molar-refractivity contribution in [3.8, 4) is 11.8 Å². The normalized spacial score (nSPS) is 9.83. The quantitative estimate of drug-likeness (QED) is 0.831. The van der Waals surface area contributed by atoms with E-state index in [-0.39, 0.29) is 17.9 Å². The molecule has 0 aliphatic heterocycles. The van der Waals surface area contributed by atoms with Crippen LogP contribution in [0.3, 0.4) is 0 Å². The molecule has 2 rings (SSSR count). The van der Waals surface area contributed by atoms with Crippen LogP contribution in [-0.2, 0) is 6.61 Å². The fourth-order valence-corrected chi connectivity index (χ4v) is 1.55. The second-order valence-corrected chi connectivity index (χ2v) is 3.78. The summed E-state index contributed by atoms with van der Waals surface area (Å²) in [5.41, 5.74) is 1.68. The summed E-state index contributed by atoms with van der Waals surface area (Å²) in [6.07, 6.45) is 1.67. The van der Waals surface area contributed by atoms with Gasteiger partial charge in [-0.3, -0.25) is 4.98 Å². The summed E-state index contributed by atoms with van der Waals surface area (Å²) >= 11 is 0. The largest absolute Gasteiger partial charge is 0.486 e.